The Hall–Kier alpha value is -15.9. The zero-order valence-corrected chi connectivity index (χ0v) is 75.0. The molecule has 0 saturated heterocycles. The number of hydrogen-bond acceptors (Lipinski definition) is 2. The van der Waals surface area contributed by atoms with Crippen LogP contribution in [0.15, 0.2) is 490 Å². The Labute approximate surface area is 782 Å². The van der Waals surface area contributed by atoms with Crippen molar-refractivity contribution in [3.05, 3.63) is 512 Å². The van der Waals surface area contributed by atoms with Crippen LogP contribution in [0.2, 0.25) is 0 Å². The number of halogens is 1. The molecule has 0 unspecified atom stereocenters. The number of hydrogen-bond donors (Lipinski definition) is 1. The van der Waals surface area contributed by atoms with Gasteiger partial charge in [0, 0.05) is 76.7 Å². The van der Waals surface area contributed by atoms with Crippen LogP contribution in [0.3, 0.4) is 0 Å². The van der Waals surface area contributed by atoms with Gasteiger partial charge in [-0.15, -0.1) is 0 Å². The van der Waals surface area contributed by atoms with Gasteiger partial charge in [0.05, 0.1) is 22.1 Å². The summed E-state index contributed by atoms with van der Waals surface area (Å²) in [4.78, 5) is 2.35. The van der Waals surface area contributed by atoms with Crippen LogP contribution in [0.4, 0.5) is 28.4 Å². The van der Waals surface area contributed by atoms with Crippen molar-refractivity contribution in [2.24, 2.45) is 0 Å². The highest BCUT2D eigenvalue weighted by Gasteiger charge is 2.37. The first kappa shape index (κ1) is 83.0. The van der Waals surface area contributed by atoms with E-state index in [9.17, 15) is 0 Å². The fraction of sp³-hybridized carbons (Fsp3) is 0.0551. The van der Waals surface area contributed by atoms with Gasteiger partial charge in [-0.1, -0.05) is 391 Å². The second-order valence-corrected chi connectivity index (χ2v) is 36.3. The van der Waals surface area contributed by atoms with Crippen LogP contribution < -0.4 is 10.2 Å². The number of benzene rings is 20. The van der Waals surface area contributed by atoms with Gasteiger partial charge in [0.15, 0.2) is 0 Å². The molecule has 0 fully saturated rings. The van der Waals surface area contributed by atoms with E-state index in [1.54, 1.807) is 0 Å². The monoisotopic (exact) mass is 1760 g/mol. The summed E-state index contributed by atoms with van der Waals surface area (Å²) < 4.78 is 5.97. The molecule has 0 atom stereocenters. The minimum Gasteiger partial charge on any atom is -0.356 e. The molecule has 2 aliphatic rings. The minimum absolute atomic E-state index is 0. The molecule has 0 bridgehead atoms. The maximum atomic E-state index is 3.56. The quantitative estimate of drug-likeness (QED) is 0.111. The van der Waals surface area contributed by atoms with Crippen molar-refractivity contribution in [1.29, 1.82) is 0 Å². The highest BCUT2D eigenvalue weighted by Crippen LogP contribution is 2.52. The molecule has 4 nitrogen and oxygen atoms in total. The van der Waals surface area contributed by atoms with E-state index in [1.165, 1.54) is 189 Å². The van der Waals surface area contributed by atoms with Gasteiger partial charge in [-0.05, 0) is 279 Å². The van der Waals surface area contributed by atoms with Gasteiger partial charge < -0.3 is 19.4 Å². The summed E-state index contributed by atoms with van der Waals surface area (Å²) in [5.41, 5.74) is 43.1. The Balaban J connectivity index is 0.000000133. The molecule has 2 heterocycles. The molecule has 2 aliphatic carbocycles. The molecule has 0 radical (unpaired) electrons. The summed E-state index contributed by atoms with van der Waals surface area (Å²) >= 11 is 3.56. The molecule has 22 aromatic rings. The first-order valence-corrected chi connectivity index (χ1v) is 46.0. The Morgan fingerprint density at radius 3 is 0.826 bits per heavy atom. The lowest BCUT2D eigenvalue weighted by molar-refractivity contribution is 0.660. The number of aromatic nitrogens is 2. The van der Waals surface area contributed by atoms with Crippen LogP contribution >= 0.6 is 15.9 Å². The summed E-state index contributed by atoms with van der Waals surface area (Å²) in [7, 11) is 0. The normalized spacial score (nSPS) is 12.3. The number of nitrogens with zero attached hydrogens (tertiary/aromatic N) is 3. The van der Waals surface area contributed by atoms with Gasteiger partial charge >= 0.3 is 0 Å². The van der Waals surface area contributed by atoms with Crippen LogP contribution in [0.25, 0.3) is 166 Å². The molecule has 2 aromatic heterocycles. The smallest absolute Gasteiger partial charge is 0.0541 e. The predicted octanol–water partition coefficient (Wildman–Crippen LogP) is 35.8. The van der Waals surface area contributed by atoms with Crippen molar-refractivity contribution < 1.29 is 0 Å². The number of rotatable bonds is 15. The largest absolute Gasteiger partial charge is 0.356 e. The first-order valence-electron chi connectivity index (χ1n) is 45.2. The molecule has 0 amide bonds. The Bertz CT molecular complexity index is 7810. The molecule has 5 heteroatoms. The average Bonchev–Trinajstić information content (AvgIpc) is 1.57. The fourth-order valence-corrected chi connectivity index (χ4v) is 20.3. The molecular weight excluding hydrogens is 1660 g/mol. The number of anilines is 5. The lowest BCUT2D eigenvalue weighted by Crippen LogP contribution is -2.14. The van der Waals surface area contributed by atoms with Crippen molar-refractivity contribution in [3.8, 4) is 123 Å². The SMILES string of the molecule is C.CC1(C)c2ccccc2-c2cc(-n3c4ccccc4c4cc(-c5cccc(-c6ccc(Br)cc6)c5)ccc43)ccc21.CC1(C)c2ccccc2-c2cc(-n3c4ccccc4c4cc(-c5cccc(-c6ccc(N(c7ccc(-c8ccccc8)cc7)c7ccc(-c8ccccc8)cc7)cc6)c5)ccc43)ccc21.c1ccc(-c2ccc(Nc3ccc(-c4ccccc4)cc3)cc2)cc1. The molecule has 632 valence electrons. The molecule has 1 N–H and O–H groups in total. The lowest BCUT2D eigenvalue weighted by Gasteiger charge is -2.26. The van der Waals surface area contributed by atoms with E-state index in [0.717, 1.165) is 32.9 Å². The maximum absolute atomic E-state index is 3.56. The highest BCUT2D eigenvalue weighted by molar-refractivity contribution is 9.10. The van der Waals surface area contributed by atoms with Crippen LogP contribution in [0.5, 0.6) is 0 Å². The number of nitrogens with one attached hydrogen (secondary N) is 1. The second kappa shape index (κ2) is 35.3. The van der Waals surface area contributed by atoms with Crippen molar-refractivity contribution in [1.82, 2.24) is 9.13 Å². The third-order valence-corrected chi connectivity index (χ3v) is 27.3. The third-order valence-electron chi connectivity index (χ3n) is 26.8. The van der Waals surface area contributed by atoms with E-state index >= 15 is 0 Å². The average molecular weight is 1760 g/mol. The third kappa shape index (κ3) is 15.8. The lowest BCUT2D eigenvalue weighted by atomic mass is 9.82. The molecule has 0 saturated carbocycles. The Kier molecular flexibility index (Phi) is 22.2. The van der Waals surface area contributed by atoms with Gasteiger partial charge in [-0.25, -0.2) is 0 Å². The topological polar surface area (TPSA) is 25.1 Å². The molecular formula is C127H97BrN4. The van der Waals surface area contributed by atoms with E-state index in [4.69, 9.17) is 0 Å². The fourth-order valence-electron chi connectivity index (χ4n) is 20.0. The summed E-state index contributed by atoms with van der Waals surface area (Å²) in [6, 6.07) is 176. The van der Waals surface area contributed by atoms with Crippen LogP contribution in [0, 0.1) is 0 Å². The van der Waals surface area contributed by atoms with E-state index in [0.29, 0.717) is 0 Å². The van der Waals surface area contributed by atoms with Crippen LogP contribution in [-0.4, -0.2) is 9.13 Å². The highest BCUT2D eigenvalue weighted by atomic mass is 79.9. The zero-order valence-electron chi connectivity index (χ0n) is 73.4. The number of para-hydroxylation sites is 2. The summed E-state index contributed by atoms with van der Waals surface area (Å²) in [5.74, 6) is 0. The summed E-state index contributed by atoms with van der Waals surface area (Å²) in [5, 5.41) is 8.51. The molecule has 20 aromatic carbocycles. The van der Waals surface area contributed by atoms with Crippen molar-refractivity contribution >= 4 is 88.0 Å². The van der Waals surface area contributed by atoms with E-state index in [-0.39, 0.29) is 18.3 Å². The molecule has 24 rings (SSSR count). The van der Waals surface area contributed by atoms with E-state index in [1.807, 2.05) is 12.1 Å². The Morgan fingerprint density at radius 1 is 0.205 bits per heavy atom. The van der Waals surface area contributed by atoms with Gasteiger partial charge in [-0.2, -0.15) is 0 Å². The molecule has 132 heavy (non-hydrogen) atoms. The van der Waals surface area contributed by atoms with E-state index < -0.39 is 0 Å². The first-order chi connectivity index (χ1) is 64.3. The van der Waals surface area contributed by atoms with Crippen molar-refractivity contribution in [3.63, 3.8) is 0 Å². The molecule has 0 spiro atoms. The summed E-state index contributed by atoms with van der Waals surface area (Å²) in [6.07, 6.45) is 0. The summed E-state index contributed by atoms with van der Waals surface area (Å²) in [6.45, 7) is 9.37. The van der Waals surface area contributed by atoms with Gasteiger partial charge in [0.1, 0.15) is 0 Å². The minimum atomic E-state index is -0.0249. The maximum Gasteiger partial charge on any atom is 0.0541 e. The van der Waals surface area contributed by atoms with Crippen LogP contribution in [0.1, 0.15) is 57.4 Å². The standard InChI is InChI=1S/C63H46N2.C39H28BrN.C24H19N.CH4/c1-63(2)59-22-11-9-20-55(59)57-42-54(37-38-60(57)63)65-61-23-12-10-21-56(61)58-41-50(30-39-62(58)65)49-19-13-18-48(40-49)47-28-35-53(36-29-47)64(51-31-24-45(25-32-51)43-14-5-3-6-15-43)52-33-26-46(27-34-52)44-16-7-4-8-17-44;1-39(2)35-12-5-3-10-31(35)33-24-30(19-20-36(33)39)41-37-13-6-4-11-32(37)34-23-28(16-21-38(34)41)27-9-7-8-26(22-27)25-14-17-29(40)18-15-25;1-3-7-19(8-4-1)21-11-15-23(16-12-21)25-24-17-13-22(14-18-24)20-9-5-2-6-10-20;/h3-42H,1-2H3;3-24H,1-2H3;1-18,25H;1H4. The second-order valence-electron chi connectivity index (χ2n) is 35.4. The Morgan fingerprint density at radius 2 is 0.462 bits per heavy atom. The van der Waals surface area contributed by atoms with Gasteiger partial charge in [-0.3, -0.25) is 0 Å². The van der Waals surface area contributed by atoms with Gasteiger partial charge in [0.2, 0.25) is 0 Å². The van der Waals surface area contributed by atoms with Crippen LogP contribution in [-0.2, 0) is 10.8 Å². The number of fused-ring (bicyclic) bond motifs is 12. The van der Waals surface area contributed by atoms with Crippen molar-refractivity contribution in [2.75, 3.05) is 10.2 Å². The zero-order chi connectivity index (χ0) is 88.1. The van der Waals surface area contributed by atoms with E-state index in [2.05, 4.69) is 536 Å². The predicted molar refractivity (Wildman–Crippen MR) is 565 cm³/mol. The molecule has 0 aliphatic heterocycles. The van der Waals surface area contributed by atoms with Gasteiger partial charge in [0.25, 0.3) is 0 Å². The van der Waals surface area contributed by atoms with Crippen molar-refractivity contribution in [2.45, 2.75) is 46.0 Å².